The van der Waals surface area contributed by atoms with Gasteiger partial charge in [0.2, 0.25) is 5.91 Å². The summed E-state index contributed by atoms with van der Waals surface area (Å²) in [6, 6.07) is 12.7. The van der Waals surface area contributed by atoms with E-state index in [9.17, 15) is 9.59 Å². The largest absolute Gasteiger partial charge is 0.497 e. The summed E-state index contributed by atoms with van der Waals surface area (Å²) in [4.78, 5) is 28.3. The molecule has 0 aliphatic carbocycles. The van der Waals surface area contributed by atoms with Crippen LogP contribution in [-0.2, 0) is 4.79 Å². The van der Waals surface area contributed by atoms with E-state index in [1.807, 2.05) is 19.1 Å². The number of nitrogens with one attached hydrogen (secondary N) is 2. The van der Waals surface area contributed by atoms with Crippen molar-refractivity contribution in [2.45, 2.75) is 6.92 Å². The number of thiophene rings is 1. The normalized spacial score (nSPS) is 10.5. The maximum absolute atomic E-state index is 12.5. The van der Waals surface area contributed by atoms with E-state index < -0.39 is 0 Å². The molecule has 140 valence electrons. The maximum Gasteiger partial charge on any atom is 0.274 e. The summed E-state index contributed by atoms with van der Waals surface area (Å²) in [5.41, 5.74) is 1.66. The highest BCUT2D eigenvalue weighted by atomic mass is 32.1. The monoisotopic (exact) mass is 384 g/mol. The number of rotatable bonds is 6. The number of likely N-dealkylation sites (N-methyl/N-ethyl adjacent to an activating group) is 1. The lowest BCUT2D eigenvalue weighted by Crippen LogP contribution is -2.35. The molecule has 0 aliphatic rings. The number of amides is 2. The van der Waals surface area contributed by atoms with Crippen LogP contribution in [0.1, 0.15) is 15.4 Å². The molecular formula is C19H20N4O3S. The molecule has 27 heavy (non-hydrogen) atoms. The fourth-order valence-corrected chi connectivity index (χ4v) is 3.35. The fraction of sp³-hybridized carbons (Fsp3) is 0.211. The number of hydrogen-bond acceptors (Lipinski definition) is 5. The molecule has 0 saturated carbocycles. The summed E-state index contributed by atoms with van der Waals surface area (Å²) in [5.74, 6) is 0.0143. The Morgan fingerprint density at radius 2 is 2.07 bits per heavy atom. The van der Waals surface area contributed by atoms with Crippen molar-refractivity contribution in [3.63, 3.8) is 0 Å². The molecule has 0 aliphatic heterocycles. The summed E-state index contributed by atoms with van der Waals surface area (Å²) in [6.07, 6.45) is 0. The second-order valence-electron chi connectivity index (χ2n) is 6.02. The molecule has 0 bridgehead atoms. The molecule has 3 rings (SSSR count). The summed E-state index contributed by atoms with van der Waals surface area (Å²) in [5, 5.41) is 9.70. The van der Waals surface area contributed by atoms with Gasteiger partial charge in [-0.1, -0.05) is 6.07 Å². The highest BCUT2D eigenvalue weighted by molar-refractivity contribution is 7.15. The maximum atomic E-state index is 12.5. The third-order valence-corrected chi connectivity index (χ3v) is 4.92. The van der Waals surface area contributed by atoms with Crippen LogP contribution in [0.3, 0.4) is 0 Å². The van der Waals surface area contributed by atoms with Crippen LogP contribution in [0.5, 0.6) is 5.75 Å². The molecule has 8 heteroatoms. The average molecular weight is 384 g/mol. The molecule has 3 aromatic rings. The van der Waals surface area contributed by atoms with Crippen LogP contribution < -0.4 is 10.1 Å². The average Bonchev–Trinajstić information content (AvgIpc) is 3.30. The number of aryl methyl sites for hydroxylation is 1. The van der Waals surface area contributed by atoms with Gasteiger partial charge in [0.05, 0.1) is 24.2 Å². The first-order chi connectivity index (χ1) is 13.0. The van der Waals surface area contributed by atoms with Crippen LogP contribution in [-0.4, -0.2) is 47.6 Å². The Kier molecular flexibility index (Phi) is 5.56. The van der Waals surface area contributed by atoms with Crippen molar-refractivity contribution in [2.24, 2.45) is 0 Å². The number of nitrogens with zero attached hydrogens (tertiary/aromatic N) is 2. The summed E-state index contributed by atoms with van der Waals surface area (Å²) in [6.45, 7) is 1.93. The Labute approximate surface area is 161 Å². The molecule has 2 amide bonds. The number of benzene rings is 1. The highest BCUT2D eigenvalue weighted by Crippen LogP contribution is 2.26. The molecule has 0 atom stereocenters. The van der Waals surface area contributed by atoms with Crippen molar-refractivity contribution in [2.75, 3.05) is 26.0 Å². The number of ether oxygens (including phenoxy) is 1. The lowest BCUT2D eigenvalue weighted by Gasteiger charge is -2.15. The van der Waals surface area contributed by atoms with E-state index in [2.05, 4.69) is 15.5 Å². The van der Waals surface area contributed by atoms with Gasteiger partial charge in [0, 0.05) is 23.7 Å². The van der Waals surface area contributed by atoms with E-state index in [-0.39, 0.29) is 24.1 Å². The SMILES string of the molecule is COc1cccc(NC(=O)CN(C)C(=O)c2cc(-c3ccc(C)s3)[nH]n2)c1. The van der Waals surface area contributed by atoms with Gasteiger partial charge in [-0.2, -0.15) is 5.10 Å². The molecule has 0 saturated heterocycles. The predicted octanol–water partition coefficient (Wildman–Crippen LogP) is 3.17. The summed E-state index contributed by atoms with van der Waals surface area (Å²) in [7, 11) is 3.13. The van der Waals surface area contributed by atoms with E-state index >= 15 is 0 Å². The second-order valence-corrected chi connectivity index (χ2v) is 7.31. The molecule has 0 unspecified atom stereocenters. The van der Waals surface area contributed by atoms with Crippen LogP contribution in [0.15, 0.2) is 42.5 Å². The lowest BCUT2D eigenvalue weighted by molar-refractivity contribution is -0.116. The van der Waals surface area contributed by atoms with E-state index in [4.69, 9.17) is 4.74 Å². The van der Waals surface area contributed by atoms with Crippen LogP contribution in [0.2, 0.25) is 0 Å². The number of carbonyl (C=O) groups is 2. The first-order valence-electron chi connectivity index (χ1n) is 8.28. The number of aromatic nitrogens is 2. The van der Waals surface area contributed by atoms with Gasteiger partial charge in [-0.15, -0.1) is 11.3 Å². The highest BCUT2D eigenvalue weighted by Gasteiger charge is 2.19. The minimum Gasteiger partial charge on any atom is -0.497 e. The molecular weight excluding hydrogens is 364 g/mol. The topological polar surface area (TPSA) is 87.3 Å². The fourth-order valence-electron chi connectivity index (χ4n) is 2.52. The van der Waals surface area contributed by atoms with E-state index in [1.54, 1.807) is 55.8 Å². The minimum absolute atomic E-state index is 0.0870. The third-order valence-electron chi connectivity index (χ3n) is 3.88. The van der Waals surface area contributed by atoms with Crippen molar-refractivity contribution in [1.29, 1.82) is 0 Å². The van der Waals surface area contributed by atoms with Gasteiger partial charge in [0.25, 0.3) is 5.91 Å². The van der Waals surface area contributed by atoms with Gasteiger partial charge in [0.15, 0.2) is 5.69 Å². The Bertz CT molecular complexity index is 963. The zero-order valence-electron chi connectivity index (χ0n) is 15.3. The summed E-state index contributed by atoms with van der Waals surface area (Å²) >= 11 is 1.62. The zero-order chi connectivity index (χ0) is 19.4. The van der Waals surface area contributed by atoms with Gasteiger partial charge < -0.3 is 15.0 Å². The standard InChI is InChI=1S/C19H20N4O3S/c1-12-7-8-17(27-12)15-10-16(22-21-15)19(25)23(2)11-18(24)20-13-5-4-6-14(9-13)26-3/h4-10H,11H2,1-3H3,(H,20,24)(H,21,22). The summed E-state index contributed by atoms with van der Waals surface area (Å²) < 4.78 is 5.13. The minimum atomic E-state index is -0.327. The molecule has 0 spiro atoms. The Morgan fingerprint density at radius 3 is 2.78 bits per heavy atom. The van der Waals surface area contributed by atoms with Crippen LogP contribution >= 0.6 is 11.3 Å². The predicted molar refractivity (Wildman–Crippen MR) is 105 cm³/mol. The Morgan fingerprint density at radius 1 is 1.26 bits per heavy atom. The van der Waals surface area contributed by atoms with Crippen molar-refractivity contribution in [3.8, 4) is 16.3 Å². The molecule has 2 aromatic heterocycles. The van der Waals surface area contributed by atoms with Crippen molar-refractivity contribution < 1.29 is 14.3 Å². The smallest absolute Gasteiger partial charge is 0.274 e. The van der Waals surface area contributed by atoms with E-state index in [0.717, 1.165) is 10.6 Å². The van der Waals surface area contributed by atoms with Gasteiger partial charge >= 0.3 is 0 Å². The van der Waals surface area contributed by atoms with E-state index in [1.165, 1.54) is 9.78 Å². The first kappa shape index (κ1) is 18.7. The number of H-pyrrole nitrogens is 1. The Hall–Kier alpha value is -3.13. The lowest BCUT2D eigenvalue weighted by atomic mass is 10.3. The van der Waals surface area contributed by atoms with E-state index in [0.29, 0.717) is 11.4 Å². The third kappa shape index (κ3) is 4.53. The number of methoxy groups -OCH3 is 1. The molecule has 1 aromatic carbocycles. The zero-order valence-corrected chi connectivity index (χ0v) is 16.1. The second kappa shape index (κ2) is 8.05. The van der Waals surface area contributed by atoms with Crippen LogP contribution in [0.4, 0.5) is 5.69 Å². The van der Waals surface area contributed by atoms with Crippen molar-refractivity contribution in [1.82, 2.24) is 15.1 Å². The van der Waals surface area contributed by atoms with Crippen LogP contribution in [0.25, 0.3) is 10.6 Å². The number of anilines is 1. The van der Waals surface area contributed by atoms with Gasteiger partial charge in [0.1, 0.15) is 5.75 Å². The number of aromatic amines is 1. The Balaban J connectivity index is 1.61. The molecule has 2 N–H and O–H groups in total. The number of hydrogen-bond donors (Lipinski definition) is 2. The molecule has 2 heterocycles. The van der Waals surface area contributed by atoms with Crippen molar-refractivity contribution in [3.05, 3.63) is 53.0 Å². The van der Waals surface area contributed by atoms with Gasteiger partial charge in [-0.25, -0.2) is 0 Å². The quantitative estimate of drug-likeness (QED) is 0.683. The molecule has 0 radical (unpaired) electrons. The van der Waals surface area contributed by atoms with Gasteiger partial charge in [-0.3, -0.25) is 14.7 Å². The number of carbonyl (C=O) groups excluding carboxylic acids is 2. The molecule has 7 nitrogen and oxygen atoms in total. The van der Waals surface area contributed by atoms with Gasteiger partial charge in [-0.05, 0) is 37.3 Å². The first-order valence-corrected chi connectivity index (χ1v) is 9.09. The molecule has 0 fully saturated rings. The van der Waals surface area contributed by atoms with Crippen LogP contribution in [0, 0.1) is 6.92 Å². The van der Waals surface area contributed by atoms with Crippen molar-refractivity contribution >= 4 is 28.8 Å².